The second-order valence-corrected chi connectivity index (χ2v) is 33.7. The van der Waals surface area contributed by atoms with Gasteiger partial charge in [-0.15, -0.1) is 0 Å². The van der Waals surface area contributed by atoms with Crippen molar-refractivity contribution in [2.45, 2.75) is 46.3 Å². The average molecular weight is 1770 g/mol. The molecule has 11 heteroatoms. The fourth-order valence-corrected chi connectivity index (χ4v) is 19.4. The third kappa shape index (κ3) is 13.8. The fraction of sp³-hybridized carbons (Fsp3) is 0.0690. The van der Waals surface area contributed by atoms with E-state index in [0.29, 0.717) is 0 Å². The van der Waals surface area contributed by atoms with E-state index < -0.39 is 18.3 Å². The lowest BCUT2D eigenvalue weighted by Gasteiger charge is -2.32. The summed E-state index contributed by atoms with van der Waals surface area (Å²) in [5.74, 6) is 3.50. The molecule has 127 heavy (non-hydrogen) atoms. The van der Waals surface area contributed by atoms with E-state index in [-0.39, 0.29) is 7.43 Å². The predicted molar refractivity (Wildman–Crippen MR) is 546 cm³/mol. The summed E-state index contributed by atoms with van der Waals surface area (Å²) >= 11 is 8.60. The maximum absolute atomic E-state index is 6.45. The van der Waals surface area contributed by atoms with E-state index >= 15 is 0 Å². The number of para-hydroxylation sites is 6. The minimum absolute atomic E-state index is 0. The van der Waals surface area contributed by atoms with Crippen molar-refractivity contribution in [2.75, 3.05) is 14.7 Å². The summed E-state index contributed by atoms with van der Waals surface area (Å²) in [6.07, 6.45) is 0. The molecule has 2 aromatic heterocycles. The van der Waals surface area contributed by atoms with Gasteiger partial charge in [-0.3, -0.25) is 0 Å². The van der Waals surface area contributed by atoms with Gasteiger partial charge in [-0.05, 0) is 241 Å². The molecule has 0 saturated carbocycles. The van der Waals surface area contributed by atoms with Gasteiger partial charge in [0.25, 0.3) is 0 Å². The number of aromatic nitrogens is 2. The van der Waals surface area contributed by atoms with Crippen LogP contribution in [0.25, 0.3) is 153 Å². The summed E-state index contributed by atoms with van der Waals surface area (Å²) in [4.78, 5) is 6.76. The smallest absolute Gasteiger partial charge is 0.453 e. The first kappa shape index (κ1) is 79.9. The monoisotopic (exact) mass is 1770 g/mol. The van der Waals surface area contributed by atoms with Crippen LogP contribution in [-0.2, 0) is 9.31 Å². The van der Waals surface area contributed by atoms with Crippen LogP contribution in [0.3, 0.4) is 0 Å². The van der Waals surface area contributed by atoms with E-state index in [2.05, 4.69) is 427 Å². The Morgan fingerprint density at radius 2 is 0.598 bits per heavy atom. The number of hydrogen-bond acceptors (Lipinski definition) is 6. The topological polar surface area (TPSA) is 53.3 Å². The van der Waals surface area contributed by atoms with Gasteiger partial charge in [0.2, 0.25) is 0 Å². The second-order valence-electron chi connectivity index (χ2n) is 33.3. The Balaban J connectivity index is 0.000000125. The summed E-state index contributed by atoms with van der Waals surface area (Å²) in [5, 5.41) is 20.2. The van der Waals surface area contributed by atoms with Gasteiger partial charge in [0.05, 0.1) is 61.0 Å². The number of anilines is 6. The molecule has 0 atom stereocenters. The molecule has 20 aromatic carbocycles. The van der Waals surface area contributed by atoms with Gasteiger partial charge >= 0.3 is 7.12 Å². The van der Waals surface area contributed by atoms with Crippen molar-refractivity contribution >= 4 is 189 Å². The fourth-order valence-electron chi connectivity index (χ4n) is 19.1. The molecule has 1 fully saturated rings. The number of alkyl halides is 1. The average Bonchev–Trinajstić information content (AvgIpc) is 1.56. The van der Waals surface area contributed by atoms with Crippen LogP contribution in [0, 0.1) is 0 Å². The number of nitrogens with zero attached hydrogens (tertiary/aromatic N) is 4. The molecule has 0 spiro atoms. The van der Waals surface area contributed by atoms with Gasteiger partial charge < -0.3 is 37.7 Å². The Bertz CT molecular complexity index is 8020. The van der Waals surface area contributed by atoms with Crippen molar-refractivity contribution < 1.29 is 18.8 Å². The van der Waals surface area contributed by atoms with Crippen LogP contribution in [-0.4, -0.2) is 32.4 Å². The molecule has 8 nitrogen and oxygen atoms in total. The molecule has 22 aromatic rings. The standard InChI is InChI=1S/C54H34N2O.C42H36BNO2.C18H10ClNO.CH3I.CH4/c1-3-15-41-35(12-1)14-9-19-42(41)36-26-30-39(31-27-36)55(50-34-38-13-2-4-16-43(38)45-17-5-6-18-46(45)50)40-32-28-37(29-33-40)44-20-10-23-49-53(44)47-21-11-25-52-54(47)56(49)48-22-7-8-24-51(48)57-52;1-41(2)42(3,4)46-43(45-41)32-22-26-34(27-23-32)44(40-28-31-13-6-8-16-37(31)38-17-9-10-18-39(38)40)33-24-20-30(21-25-33)36-19-11-14-29-12-5-7-15-35(29)36;19-12-6-4-8-14-17(12)11-5-3-10-16-18(11)20(14)13-7-1-2-9-15(13)21-16;1-2;/h1-34H;5-28H,1-4H3;1-10H;1H3;1H4. The Kier molecular flexibility index (Phi) is 20.6. The van der Waals surface area contributed by atoms with Crippen LogP contribution in [0.5, 0.6) is 23.0 Å². The van der Waals surface area contributed by atoms with Gasteiger partial charge in [0.1, 0.15) is 0 Å². The first-order valence-corrected chi connectivity index (χ1v) is 45.3. The first-order valence-electron chi connectivity index (χ1n) is 42.8. The molecule has 3 aliphatic rings. The van der Waals surface area contributed by atoms with Crippen LogP contribution in [0.1, 0.15) is 35.1 Å². The second kappa shape index (κ2) is 32.7. The molecule has 1 saturated heterocycles. The van der Waals surface area contributed by atoms with Crippen molar-refractivity contribution in [2.24, 2.45) is 0 Å². The van der Waals surface area contributed by atoms with Gasteiger partial charge in [0, 0.05) is 55.1 Å². The van der Waals surface area contributed by atoms with Crippen LogP contribution < -0.4 is 24.7 Å². The Hall–Kier alpha value is -14.2. The zero-order valence-electron chi connectivity index (χ0n) is 70.0. The van der Waals surface area contributed by atoms with E-state index in [1.54, 1.807) is 0 Å². The lowest BCUT2D eigenvalue weighted by molar-refractivity contribution is 0.00578. The first-order chi connectivity index (χ1) is 61.9. The van der Waals surface area contributed by atoms with Crippen LogP contribution >= 0.6 is 34.2 Å². The number of benzene rings is 20. The van der Waals surface area contributed by atoms with E-state index in [9.17, 15) is 0 Å². The Morgan fingerprint density at radius 3 is 1.06 bits per heavy atom. The lowest BCUT2D eigenvalue weighted by Crippen LogP contribution is -2.41. The lowest BCUT2D eigenvalue weighted by atomic mass is 9.79. The summed E-state index contributed by atoms with van der Waals surface area (Å²) in [7, 11) is -0.408. The molecule has 0 radical (unpaired) electrons. The van der Waals surface area contributed by atoms with E-state index in [1.807, 2.05) is 59.5 Å². The molecule has 0 amide bonds. The number of rotatable bonds is 10. The van der Waals surface area contributed by atoms with Crippen molar-refractivity contribution in [3.63, 3.8) is 0 Å². The molecule has 0 bridgehead atoms. The van der Waals surface area contributed by atoms with Crippen molar-refractivity contribution in [1.82, 2.24) is 9.13 Å². The van der Waals surface area contributed by atoms with Crippen LogP contribution in [0.2, 0.25) is 5.02 Å². The quantitative estimate of drug-likeness (QED) is 0.0589. The normalized spacial score (nSPS) is 13.1. The Labute approximate surface area is 757 Å². The zero-order valence-corrected chi connectivity index (χ0v) is 72.9. The van der Waals surface area contributed by atoms with E-state index in [1.165, 1.54) is 109 Å². The minimum atomic E-state index is -0.408. The molecular formula is C116H87BClIN4O4. The van der Waals surface area contributed by atoms with Crippen LogP contribution in [0.4, 0.5) is 34.1 Å². The largest absolute Gasteiger partial charge is 0.494 e. The number of fused-ring (bicyclic) bond motifs is 18. The highest BCUT2D eigenvalue weighted by Gasteiger charge is 2.52. The van der Waals surface area contributed by atoms with Gasteiger partial charge in [0.15, 0.2) is 23.0 Å². The number of hydrogen-bond donors (Lipinski definition) is 0. The summed E-state index contributed by atoms with van der Waals surface area (Å²) < 4.78 is 29.8. The summed E-state index contributed by atoms with van der Waals surface area (Å²) in [5.41, 5.74) is 20.7. The van der Waals surface area contributed by atoms with E-state index in [0.717, 1.165) is 112 Å². The highest BCUT2D eigenvalue weighted by atomic mass is 127. The molecule has 612 valence electrons. The van der Waals surface area contributed by atoms with E-state index in [4.69, 9.17) is 30.4 Å². The maximum Gasteiger partial charge on any atom is 0.494 e. The molecule has 0 unspecified atom stereocenters. The molecule has 3 aliphatic heterocycles. The molecule has 0 N–H and O–H groups in total. The van der Waals surface area contributed by atoms with Gasteiger partial charge in [-0.2, -0.15) is 0 Å². The van der Waals surface area contributed by atoms with Crippen molar-refractivity contribution in [3.05, 3.63) is 418 Å². The third-order valence-electron chi connectivity index (χ3n) is 25.7. The third-order valence-corrected chi connectivity index (χ3v) is 26.0. The molecule has 25 rings (SSSR count). The molecule has 0 aliphatic carbocycles. The Morgan fingerprint density at radius 1 is 0.283 bits per heavy atom. The summed E-state index contributed by atoms with van der Waals surface area (Å²) in [6.45, 7) is 8.37. The summed E-state index contributed by atoms with van der Waals surface area (Å²) in [6, 6.07) is 147. The van der Waals surface area contributed by atoms with Gasteiger partial charge in [-0.25, -0.2) is 0 Å². The maximum atomic E-state index is 6.45. The molecule has 5 heterocycles. The minimum Gasteiger partial charge on any atom is -0.453 e. The van der Waals surface area contributed by atoms with Gasteiger partial charge in [-0.1, -0.05) is 339 Å². The van der Waals surface area contributed by atoms with Crippen LogP contribution in [0.15, 0.2) is 413 Å². The van der Waals surface area contributed by atoms with Crippen molar-refractivity contribution in [3.8, 4) is 67.8 Å². The van der Waals surface area contributed by atoms with Crippen molar-refractivity contribution in [1.29, 1.82) is 0 Å². The number of halogens is 2. The highest BCUT2D eigenvalue weighted by molar-refractivity contribution is 14.1. The zero-order chi connectivity index (χ0) is 84.9. The molecular weight excluding hydrogens is 1690 g/mol. The predicted octanol–water partition coefficient (Wildman–Crippen LogP) is 33.0. The number of ether oxygens (including phenoxy) is 2. The SMILES string of the molecule is C.CC1(C)OB(c2ccc(N(c3ccc(-c4cccc5ccccc45)cc3)c3cc4ccccc4c4ccccc34)cc2)OC1(C)C.CI.Clc1cccc2c1c1cccc3c1n2-c1ccccc1O3.c1ccc2c(c1)Oc1cccc3c4c(-c5ccc(N(c6ccc(-c7cccc8ccccc78)cc6)c6cc7ccccc7c7ccccc67)cc5)cccc4n-2c13. The highest BCUT2D eigenvalue weighted by Crippen LogP contribution is 2.52.